The molecule has 1 aliphatic rings. The van der Waals surface area contributed by atoms with Crippen molar-refractivity contribution in [2.45, 2.75) is 67.1 Å². The van der Waals surface area contributed by atoms with E-state index >= 15 is 0 Å². The average Bonchev–Trinajstić information content (AvgIpc) is 2.29. The molecule has 1 atom stereocenters. The van der Waals surface area contributed by atoms with Gasteiger partial charge in [-0.15, -0.1) is 12.5 Å². The molecule has 0 aromatic carbocycles. The van der Waals surface area contributed by atoms with Crippen molar-refractivity contribution in [2.75, 3.05) is 0 Å². The molecule has 0 bridgehead atoms. The predicted octanol–water partition coefficient (Wildman–Crippen LogP) is -0.649. The molecular formula is C15H29Cl2NSiTi-2. The molecule has 0 heterocycles. The topological polar surface area (TPSA) is 23.8 Å². The van der Waals surface area contributed by atoms with Crippen LogP contribution in [0.25, 0.3) is 5.73 Å². The summed E-state index contributed by atoms with van der Waals surface area (Å²) < 4.78 is 0. The zero-order chi connectivity index (χ0) is 15.1. The van der Waals surface area contributed by atoms with Gasteiger partial charge < -0.3 is 30.5 Å². The smallest absolute Gasteiger partial charge is 1.00 e. The second-order valence-corrected chi connectivity index (χ2v) is 12.7. The van der Waals surface area contributed by atoms with Crippen molar-refractivity contribution in [3.05, 3.63) is 28.5 Å². The quantitative estimate of drug-likeness (QED) is 0.400. The molecule has 20 heavy (non-hydrogen) atoms. The summed E-state index contributed by atoms with van der Waals surface area (Å²) in [5.74, 6) is 0.560. The maximum Gasteiger partial charge on any atom is -1.00 e. The van der Waals surface area contributed by atoms with E-state index in [1.54, 1.807) is 0 Å². The summed E-state index contributed by atoms with van der Waals surface area (Å²) in [5, 5.41) is 0. The standard InChI is InChI=1S/C9H13.C4H10N.C2H6Si.2ClH.Ti/c1-6-5-7(2)9(4)8(6)3;1-4(2,3)5;1-3-2;;;/h6H,1-4H3;5H,1-3H3;1-2H3;2*1H;/q2*-1;;;;+2/p-2. The molecule has 1 aliphatic carbocycles. The van der Waals surface area contributed by atoms with Crippen LogP contribution in [0, 0.1) is 12.0 Å². The number of hydrogen-bond donors (Lipinski definition) is 0. The van der Waals surface area contributed by atoms with Crippen molar-refractivity contribution in [3.8, 4) is 0 Å². The van der Waals surface area contributed by atoms with Gasteiger partial charge in [-0.3, -0.25) is 6.08 Å². The molecule has 0 aromatic rings. The van der Waals surface area contributed by atoms with Gasteiger partial charge in [-0.05, 0) is 0 Å². The molecule has 0 fully saturated rings. The first-order chi connectivity index (χ1) is 7.86. The second-order valence-electron chi connectivity index (χ2n) is 6.05. The molecule has 0 radical (unpaired) electrons. The molecule has 0 saturated heterocycles. The minimum absolute atomic E-state index is 0. The van der Waals surface area contributed by atoms with E-state index in [1.807, 2.05) is 20.8 Å². The van der Waals surface area contributed by atoms with Crippen molar-refractivity contribution in [1.29, 1.82) is 0 Å². The fourth-order valence-electron chi connectivity index (χ4n) is 1.16. The molecule has 0 spiro atoms. The van der Waals surface area contributed by atoms with Gasteiger partial charge in [-0.2, -0.15) is 11.1 Å². The van der Waals surface area contributed by atoms with Crippen LogP contribution < -0.4 is 24.8 Å². The molecule has 0 amide bonds. The molecule has 1 rings (SSSR count). The summed E-state index contributed by atoms with van der Waals surface area (Å²) in [7, 11) is 0. The van der Waals surface area contributed by atoms with Crippen LogP contribution >= 0.6 is 0 Å². The molecular weight excluding hydrogens is 341 g/mol. The second kappa shape index (κ2) is 13.6. The Balaban J connectivity index is -0.000000102. The van der Waals surface area contributed by atoms with E-state index in [1.165, 1.54) is 16.7 Å². The molecule has 118 valence electrons. The number of rotatable bonds is 0. The number of nitrogens with one attached hydrogen (secondary N) is 1. The fourth-order valence-corrected chi connectivity index (χ4v) is 1.16. The normalized spacial score (nSPS) is 16.6. The molecule has 1 nitrogen and oxygen atoms in total. The third kappa shape index (κ3) is 21.3. The van der Waals surface area contributed by atoms with Crippen LogP contribution in [-0.2, 0) is 19.2 Å². The summed E-state index contributed by atoms with van der Waals surface area (Å²) in [5.41, 5.74) is 10.9. The first-order valence-corrected chi connectivity index (χ1v) is 11.2. The summed E-state index contributed by atoms with van der Waals surface area (Å²) in [4.78, 5) is 0. The molecule has 0 aliphatic heterocycles. The van der Waals surface area contributed by atoms with Crippen LogP contribution in [0.2, 0.25) is 13.1 Å². The zero-order valence-electron chi connectivity index (χ0n) is 14.3. The molecule has 0 aromatic heterocycles. The van der Waals surface area contributed by atoms with Crippen molar-refractivity contribution in [2.24, 2.45) is 5.92 Å². The van der Waals surface area contributed by atoms with E-state index < -0.39 is 0 Å². The minimum atomic E-state index is -0.250. The number of hydrogen-bond acceptors (Lipinski definition) is 0. The van der Waals surface area contributed by atoms with Gasteiger partial charge in [0.25, 0.3) is 0 Å². The van der Waals surface area contributed by atoms with Gasteiger partial charge in [0.05, 0.1) is 0 Å². The maximum absolute atomic E-state index is 6.94. The monoisotopic (exact) mass is 369 g/mol. The van der Waals surface area contributed by atoms with Crippen molar-refractivity contribution in [1.82, 2.24) is 0 Å². The Labute approximate surface area is 151 Å². The molecule has 1 N–H and O–H groups in total. The van der Waals surface area contributed by atoms with Crippen LogP contribution in [0.5, 0.6) is 0 Å². The van der Waals surface area contributed by atoms with E-state index in [0.29, 0.717) is 5.92 Å². The van der Waals surface area contributed by atoms with Crippen molar-refractivity contribution >= 4 is 6.19 Å². The zero-order valence-corrected chi connectivity index (χ0v) is 18.4. The van der Waals surface area contributed by atoms with E-state index in [-0.39, 0.29) is 36.5 Å². The van der Waals surface area contributed by atoms with Gasteiger partial charge in [-0.25, -0.2) is 5.57 Å². The first kappa shape index (κ1) is 29.0. The third-order valence-corrected chi connectivity index (χ3v) is 2.24. The van der Waals surface area contributed by atoms with Gasteiger partial charge in [-0.1, -0.05) is 47.5 Å². The Bertz CT molecular complexity index is 334. The van der Waals surface area contributed by atoms with Crippen LogP contribution in [0.3, 0.4) is 0 Å². The van der Waals surface area contributed by atoms with Gasteiger partial charge in [0.2, 0.25) is 0 Å². The Morgan fingerprint density at radius 3 is 1.40 bits per heavy atom. The molecule has 5 heteroatoms. The van der Waals surface area contributed by atoms with Crippen molar-refractivity contribution < 1.29 is 44.0 Å². The van der Waals surface area contributed by atoms with Crippen LogP contribution in [0.15, 0.2) is 16.7 Å². The first-order valence-electron chi connectivity index (χ1n) is 6.40. The Morgan fingerprint density at radius 2 is 1.35 bits per heavy atom. The van der Waals surface area contributed by atoms with Gasteiger partial charge >= 0.3 is 38.5 Å². The third-order valence-electron chi connectivity index (χ3n) is 2.24. The summed E-state index contributed by atoms with van der Waals surface area (Å²) in [6.45, 7) is 18.8. The van der Waals surface area contributed by atoms with E-state index in [4.69, 9.17) is 5.73 Å². The predicted molar refractivity (Wildman–Crippen MR) is 81.5 cm³/mol. The van der Waals surface area contributed by atoms with Crippen LogP contribution in [0.4, 0.5) is 0 Å². The largest absolute Gasteiger partial charge is 1.00 e. The Morgan fingerprint density at radius 1 is 1.10 bits per heavy atom. The Kier molecular flexibility index (Phi) is 19.7. The SMILES string of the molecule is CC(C)(C)[NH-].CC1=[C-]C(C)C(C)=C1C.C[Si](C)=[Ti+2].[Cl-].[Cl-]. The van der Waals surface area contributed by atoms with Crippen LogP contribution in [0.1, 0.15) is 48.5 Å². The minimum Gasteiger partial charge on any atom is -1.00 e. The molecule has 0 saturated carbocycles. The van der Waals surface area contributed by atoms with Crippen molar-refractivity contribution in [3.63, 3.8) is 0 Å². The summed E-state index contributed by atoms with van der Waals surface area (Å²) in [6.07, 6.45) is 3.48. The van der Waals surface area contributed by atoms with Gasteiger partial charge in [0.15, 0.2) is 0 Å². The average molecular weight is 370 g/mol. The van der Waals surface area contributed by atoms with E-state index in [2.05, 4.69) is 66.0 Å². The van der Waals surface area contributed by atoms with Gasteiger partial charge in [0.1, 0.15) is 0 Å². The maximum atomic E-state index is 6.94. The van der Waals surface area contributed by atoms with Gasteiger partial charge in [0, 0.05) is 0 Å². The number of allylic oxidation sites excluding steroid dienone is 4. The van der Waals surface area contributed by atoms with E-state index in [0.717, 1.165) is 0 Å². The number of halogens is 2. The Hall–Kier alpha value is 0.951. The van der Waals surface area contributed by atoms with Crippen LogP contribution in [-0.4, -0.2) is 11.7 Å². The molecule has 1 unspecified atom stereocenters. The fraction of sp³-hybridized carbons (Fsp3) is 0.733. The summed E-state index contributed by atoms with van der Waals surface area (Å²) in [6, 6.07) is 0. The summed E-state index contributed by atoms with van der Waals surface area (Å²) >= 11 is 2.27. The van der Waals surface area contributed by atoms with E-state index in [9.17, 15) is 0 Å².